The monoisotopic (exact) mass is 268 g/mol. The van der Waals surface area contributed by atoms with Gasteiger partial charge in [-0.3, -0.25) is 0 Å². The predicted molar refractivity (Wildman–Crippen MR) is 70.1 cm³/mol. The zero-order valence-corrected chi connectivity index (χ0v) is 10.6. The second kappa shape index (κ2) is 4.86. The van der Waals surface area contributed by atoms with Gasteiger partial charge < -0.3 is 9.84 Å². The molecule has 0 radical (unpaired) electrons. The lowest BCUT2D eigenvalue weighted by molar-refractivity contribution is 0.412. The number of aromatic hydroxyl groups is 1. The van der Waals surface area contributed by atoms with E-state index in [-0.39, 0.29) is 5.75 Å². The first-order valence-electron chi connectivity index (χ1n) is 4.94. The molecule has 0 saturated carbocycles. The summed E-state index contributed by atoms with van der Waals surface area (Å²) < 4.78 is 5.11. The van der Waals surface area contributed by atoms with Crippen molar-refractivity contribution in [2.45, 2.75) is 0 Å². The van der Waals surface area contributed by atoms with Crippen molar-refractivity contribution < 1.29 is 9.84 Å². The fourth-order valence-electron chi connectivity index (χ4n) is 1.56. The summed E-state index contributed by atoms with van der Waals surface area (Å²) in [5.41, 5.74) is 1.27. The average Bonchev–Trinajstić information content (AvgIpc) is 2.33. The van der Waals surface area contributed by atoms with E-state index in [1.165, 1.54) is 0 Å². The summed E-state index contributed by atoms with van der Waals surface area (Å²) in [7, 11) is 1.57. The molecule has 0 bridgehead atoms. The summed E-state index contributed by atoms with van der Waals surface area (Å²) in [5.74, 6) is 0.781. The molecule has 0 aliphatic heterocycles. The summed E-state index contributed by atoms with van der Waals surface area (Å²) >= 11 is 12.0. The van der Waals surface area contributed by atoms with Gasteiger partial charge in [0.1, 0.15) is 11.5 Å². The molecule has 88 valence electrons. The van der Waals surface area contributed by atoms with Crippen LogP contribution < -0.4 is 4.74 Å². The van der Waals surface area contributed by atoms with Crippen LogP contribution in [0.2, 0.25) is 10.0 Å². The lowest BCUT2D eigenvalue weighted by Crippen LogP contribution is -1.86. The van der Waals surface area contributed by atoms with Crippen LogP contribution in [0.5, 0.6) is 11.5 Å². The molecule has 0 aromatic heterocycles. The standard InChI is InChI=1S/C13H10Cl2O2/c1-17-9-3-5-13(16)11(7-9)10-6-8(14)2-4-12(10)15/h2-7,16H,1H3. The number of hydrogen-bond donors (Lipinski definition) is 1. The molecule has 0 unspecified atom stereocenters. The van der Waals surface area contributed by atoms with Crippen LogP contribution in [0.25, 0.3) is 11.1 Å². The third-order valence-corrected chi connectivity index (χ3v) is 2.99. The van der Waals surface area contributed by atoms with Crippen molar-refractivity contribution >= 4 is 23.2 Å². The first-order valence-corrected chi connectivity index (χ1v) is 5.70. The van der Waals surface area contributed by atoms with Gasteiger partial charge in [0, 0.05) is 21.2 Å². The second-order valence-electron chi connectivity index (χ2n) is 3.51. The molecule has 0 fully saturated rings. The van der Waals surface area contributed by atoms with Crippen LogP contribution in [0, 0.1) is 0 Å². The maximum Gasteiger partial charge on any atom is 0.123 e. The fourth-order valence-corrected chi connectivity index (χ4v) is 1.95. The Morgan fingerprint density at radius 1 is 1.00 bits per heavy atom. The van der Waals surface area contributed by atoms with Gasteiger partial charge in [-0.1, -0.05) is 23.2 Å². The third-order valence-electron chi connectivity index (χ3n) is 2.42. The van der Waals surface area contributed by atoms with Crippen LogP contribution in [0.15, 0.2) is 36.4 Å². The molecular weight excluding hydrogens is 259 g/mol. The largest absolute Gasteiger partial charge is 0.507 e. The highest BCUT2D eigenvalue weighted by atomic mass is 35.5. The highest BCUT2D eigenvalue weighted by molar-refractivity contribution is 6.35. The fraction of sp³-hybridized carbons (Fsp3) is 0.0769. The van der Waals surface area contributed by atoms with Crippen molar-refractivity contribution in [2.24, 2.45) is 0 Å². The van der Waals surface area contributed by atoms with Crippen LogP contribution in [0.4, 0.5) is 0 Å². The van der Waals surface area contributed by atoms with Crippen molar-refractivity contribution in [1.29, 1.82) is 0 Å². The Kier molecular flexibility index (Phi) is 3.46. The van der Waals surface area contributed by atoms with Gasteiger partial charge in [-0.25, -0.2) is 0 Å². The third kappa shape index (κ3) is 2.48. The van der Waals surface area contributed by atoms with Gasteiger partial charge in [-0.05, 0) is 36.4 Å². The van der Waals surface area contributed by atoms with E-state index >= 15 is 0 Å². The molecule has 0 spiro atoms. The smallest absolute Gasteiger partial charge is 0.123 e. The van der Waals surface area contributed by atoms with Crippen LogP contribution in [-0.2, 0) is 0 Å². The maximum absolute atomic E-state index is 9.84. The Hall–Kier alpha value is -1.38. The molecule has 0 heterocycles. The Bertz CT molecular complexity index is 553. The summed E-state index contributed by atoms with van der Waals surface area (Å²) in [5, 5.41) is 10.9. The molecule has 1 N–H and O–H groups in total. The van der Waals surface area contributed by atoms with Crippen molar-refractivity contribution in [2.75, 3.05) is 7.11 Å². The number of hydrogen-bond acceptors (Lipinski definition) is 2. The minimum absolute atomic E-state index is 0.134. The first-order chi connectivity index (χ1) is 8.11. The molecule has 17 heavy (non-hydrogen) atoms. The van der Waals surface area contributed by atoms with Crippen LogP contribution in [-0.4, -0.2) is 12.2 Å². The Balaban J connectivity index is 2.62. The van der Waals surface area contributed by atoms with Crippen LogP contribution in [0.1, 0.15) is 0 Å². The zero-order chi connectivity index (χ0) is 12.4. The average molecular weight is 269 g/mol. The molecule has 0 atom stereocenters. The van der Waals surface area contributed by atoms with Crippen molar-refractivity contribution in [1.82, 2.24) is 0 Å². The highest BCUT2D eigenvalue weighted by Gasteiger charge is 2.10. The molecule has 2 rings (SSSR count). The van der Waals surface area contributed by atoms with E-state index in [2.05, 4.69) is 0 Å². The van der Waals surface area contributed by atoms with E-state index in [1.54, 1.807) is 43.5 Å². The van der Waals surface area contributed by atoms with Crippen LogP contribution >= 0.6 is 23.2 Å². The van der Waals surface area contributed by atoms with Gasteiger partial charge in [0.15, 0.2) is 0 Å². The number of methoxy groups -OCH3 is 1. The molecule has 0 saturated heterocycles. The first kappa shape index (κ1) is 12.1. The highest BCUT2D eigenvalue weighted by Crippen LogP contribution is 2.37. The predicted octanol–water partition coefficient (Wildman–Crippen LogP) is 4.37. The lowest BCUT2D eigenvalue weighted by atomic mass is 10.0. The quantitative estimate of drug-likeness (QED) is 0.876. The number of benzene rings is 2. The number of rotatable bonds is 2. The minimum atomic E-state index is 0.134. The van der Waals surface area contributed by atoms with Gasteiger partial charge in [-0.15, -0.1) is 0 Å². The lowest BCUT2D eigenvalue weighted by Gasteiger charge is -2.09. The second-order valence-corrected chi connectivity index (χ2v) is 4.35. The van der Waals surface area contributed by atoms with Crippen molar-refractivity contribution in [3.05, 3.63) is 46.4 Å². The summed E-state index contributed by atoms with van der Waals surface area (Å²) in [4.78, 5) is 0. The maximum atomic E-state index is 9.84. The van der Waals surface area contributed by atoms with E-state index in [1.807, 2.05) is 0 Å². The topological polar surface area (TPSA) is 29.5 Å². The van der Waals surface area contributed by atoms with Gasteiger partial charge in [-0.2, -0.15) is 0 Å². The van der Waals surface area contributed by atoms with Gasteiger partial charge in [0.2, 0.25) is 0 Å². The molecule has 2 aromatic rings. The van der Waals surface area contributed by atoms with E-state index in [9.17, 15) is 5.11 Å². The number of ether oxygens (including phenoxy) is 1. The molecular formula is C13H10Cl2O2. The Morgan fingerprint density at radius 2 is 1.76 bits per heavy atom. The Labute approximate surface area is 109 Å². The summed E-state index contributed by atoms with van der Waals surface area (Å²) in [6.45, 7) is 0. The van der Waals surface area contributed by atoms with Gasteiger partial charge >= 0.3 is 0 Å². The zero-order valence-electron chi connectivity index (χ0n) is 9.08. The van der Waals surface area contributed by atoms with E-state index in [0.717, 1.165) is 0 Å². The summed E-state index contributed by atoms with van der Waals surface area (Å²) in [6.07, 6.45) is 0. The molecule has 2 nitrogen and oxygen atoms in total. The van der Waals surface area contributed by atoms with Crippen molar-refractivity contribution in [3.63, 3.8) is 0 Å². The molecule has 0 aliphatic rings. The van der Waals surface area contributed by atoms with Gasteiger partial charge in [0.25, 0.3) is 0 Å². The van der Waals surface area contributed by atoms with E-state index in [0.29, 0.717) is 26.9 Å². The van der Waals surface area contributed by atoms with Gasteiger partial charge in [0.05, 0.1) is 7.11 Å². The number of phenolic OH excluding ortho intramolecular Hbond substituents is 1. The molecule has 0 aliphatic carbocycles. The number of halogens is 2. The molecule has 4 heteroatoms. The minimum Gasteiger partial charge on any atom is -0.507 e. The van der Waals surface area contributed by atoms with Crippen molar-refractivity contribution in [3.8, 4) is 22.6 Å². The molecule has 2 aromatic carbocycles. The van der Waals surface area contributed by atoms with E-state index in [4.69, 9.17) is 27.9 Å². The summed E-state index contributed by atoms with van der Waals surface area (Å²) in [6, 6.07) is 10.1. The van der Waals surface area contributed by atoms with E-state index < -0.39 is 0 Å². The molecule has 0 amide bonds. The normalized spacial score (nSPS) is 10.3. The number of phenols is 1. The van der Waals surface area contributed by atoms with Crippen LogP contribution in [0.3, 0.4) is 0 Å². The SMILES string of the molecule is COc1ccc(O)c(-c2cc(Cl)ccc2Cl)c1. The Morgan fingerprint density at radius 3 is 2.47 bits per heavy atom.